The van der Waals surface area contributed by atoms with Gasteiger partial charge in [0.15, 0.2) is 0 Å². The molecule has 17 heavy (non-hydrogen) atoms. The lowest BCUT2D eigenvalue weighted by Gasteiger charge is -2.41. The van der Waals surface area contributed by atoms with E-state index in [1.54, 1.807) is 6.26 Å². The second kappa shape index (κ2) is 4.83. The van der Waals surface area contributed by atoms with Gasteiger partial charge in [-0.15, -0.1) is 0 Å². The van der Waals surface area contributed by atoms with Gasteiger partial charge >= 0.3 is 0 Å². The lowest BCUT2D eigenvalue weighted by molar-refractivity contribution is -0.0215. The van der Waals surface area contributed by atoms with Gasteiger partial charge in [0.25, 0.3) is 0 Å². The number of hydrogen-bond donors (Lipinski definition) is 2. The van der Waals surface area contributed by atoms with Gasteiger partial charge in [0.05, 0.1) is 6.26 Å². The Morgan fingerprint density at radius 2 is 2.18 bits per heavy atom. The van der Waals surface area contributed by atoms with Crippen LogP contribution in [0, 0.1) is 18.3 Å². The molecule has 0 bridgehead atoms. The molecule has 1 aromatic rings. The third kappa shape index (κ3) is 2.26. The van der Waals surface area contributed by atoms with Gasteiger partial charge in [0.2, 0.25) is 0 Å². The summed E-state index contributed by atoms with van der Waals surface area (Å²) < 4.78 is 5.43. The van der Waals surface area contributed by atoms with Gasteiger partial charge in [0.1, 0.15) is 11.9 Å². The predicted molar refractivity (Wildman–Crippen MR) is 67.5 cm³/mol. The van der Waals surface area contributed by atoms with E-state index >= 15 is 0 Å². The number of nitrogens with two attached hydrogens (primary N) is 1. The number of aryl methyl sites for hydroxylation is 1. The molecule has 0 saturated heterocycles. The van der Waals surface area contributed by atoms with Crippen LogP contribution in [-0.4, -0.2) is 11.7 Å². The summed E-state index contributed by atoms with van der Waals surface area (Å²) >= 11 is 0. The first-order valence-corrected chi connectivity index (χ1v) is 6.51. The maximum absolute atomic E-state index is 10.6. The second-order valence-electron chi connectivity index (χ2n) is 5.62. The molecule has 96 valence electrons. The molecule has 1 atom stereocenters. The van der Waals surface area contributed by atoms with Crippen molar-refractivity contribution in [2.75, 3.05) is 6.54 Å². The average molecular weight is 237 g/mol. The number of furan rings is 1. The van der Waals surface area contributed by atoms with Gasteiger partial charge in [-0.1, -0.05) is 19.8 Å². The second-order valence-corrected chi connectivity index (χ2v) is 5.62. The molecule has 1 unspecified atom stereocenters. The minimum Gasteiger partial charge on any atom is -0.466 e. The van der Waals surface area contributed by atoms with Crippen LogP contribution in [0.1, 0.15) is 50.0 Å². The summed E-state index contributed by atoms with van der Waals surface area (Å²) in [7, 11) is 0. The first-order chi connectivity index (χ1) is 8.09. The van der Waals surface area contributed by atoms with Crippen molar-refractivity contribution in [1.82, 2.24) is 0 Å². The van der Waals surface area contributed by atoms with Gasteiger partial charge in [0, 0.05) is 12.0 Å². The fraction of sp³-hybridized carbons (Fsp3) is 0.714. The Labute approximate surface area is 103 Å². The molecule has 0 amide bonds. The van der Waals surface area contributed by atoms with Crippen LogP contribution in [-0.2, 0) is 0 Å². The zero-order chi connectivity index (χ0) is 12.5. The summed E-state index contributed by atoms with van der Waals surface area (Å²) in [6, 6.07) is 1.90. The molecular formula is C14H23NO2. The van der Waals surface area contributed by atoms with Crippen molar-refractivity contribution in [2.24, 2.45) is 17.1 Å². The highest BCUT2D eigenvalue weighted by Crippen LogP contribution is 2.47. The van der Waals surface area contributed by atoms with Crippen molar-refractivity contribution in [2.45, 2.75) is 45.6 Å². The first kappa shape index (κ1) is 12.7. The Morgan fingerprint density at radius 1 is 1.53 bits per heavy atom. The monoisotopic (exact) mass is 237 g/mol. The molecule has 1 heterocycles. The SMILES string of the molecule is Cc1ccoc1C(O)C1(CN)CCC(C)CC1. The van der Waals surface area contributed by atoms with Crippen molar-refractivity contribution < 1.29 is 9.52 Å². The molecule has 1 aromatic heterocycles. The average Bonchev–Trinajstić information content (AvgIpc) is 2.76. The Balaban J connectivity index is 2.21. The highest BCUT2D eigenvalue weighted by atomic mass is 16.4. The van der Waals surface area contributed by atoms with Crippen molar-refractivity contribution in [3.05, 3.63) is 23.7 Å². The molecule has 3 heteroatoms. The van der Waals surface area contributed by atoms with Crippen LogP contribution in [0.2, 0.25) is 0 Å². The van der Waals surface area contributed by atoms with Crippen LogP contribution >= 0.6 is 0 Å². The Morgan fingerprint density at radius 3 is 2.65 bits per heavy atom. The molecule has 1 fully saturated rings. The molecule has 1 aliphatic carbocycles. The van der Waals surface area contributed by atoms with Crippen molar-refractivity contribution in [3.63, 3.8) is 0 Å². The third-order valence-corrected chi connectivity index (χ3v) is 4.41. The van der Waals surface area contributed by atoms with E-state index in [4.69, 9.17) is 10.2 Å². The summed E-state index contributed by atoms with van der Waals surface area (Å²) in [6.45, 7) is 4.77. The molecule has 0 aromatic carbocycles. The van der Waals surface area contributed by atoms with Crippen molar-refractivity contribution >= 4 is 0 Å². The zero-order valence-electron chi connectivity index (χ0n) is 10.8. The van der Waals surface area contributed by atoms with Crippen LogP contribution in [0.4, 0.5) is 0 Å². The van der Waals surface area contributed by atoms with Crippen LogP contribution in [0.5, 0.6) is 0 Å². The van der Waals surface area contributed by atoms with Gasteiger partial charge in [-0.25, -0.2) is 0 Å². The van der Waals surface area contributed by atoms with E-state index in [0.717, 1.165) is 37.2 Å². The molecule has 3 N–H and O–H groups in total. The summed E-state index contributed by atoms with van der Waals surface area (Å²) in [6.07, 6.45) is 5.36. The molecule has 0 radical (unpaired) electrons. The molecule has 1 aliphatic rings. The molecule has 0 aliphatic heterocycles. The summed E-state index contributed by atoms with van der Waals surface area (Å²) in [4.78, 5) is 0. The minimum atomic E-state index is -0.560. The third-order valence-electron chi connectivity index (χ3n) is 4.41. The summed E-state index contributed by atoms with van der Waals surface area (Å²) in [5.41, 5.74) is 6.77. The Bertz CT molecular complexity index is 364. The zero-order valence-corrected chi connectivity index (χ0v) is 10.8. The topological polar surface area (TPSA) is 59.4 Å². The lowest BCUT2D eigenvalue weighted by Crippen LogP contribution is -2.40. The number of aliphatic hydroxyl groups is 1. The molecule has 1 saturated carbocycles. The van der Waals surface area contributed by atoms with Gasteiger partial charge in [-0.2, -0.15) is 0 Å². The fourth-order valence-electron chi connectivity index (χ4n) is 2.87. The van der Waals surface area contributed by atoms with Crippen LogP contribution in [0.3, 0.4) is 0 Å². The first-order valence-electron chi connectivity index (χ1n) is 6.51. The standard InChI is InChI=1S/C14H23NO2/c1-10-3-6-14(9-15,7-4-10)13(16)12-11(2)5-8-17-12/h5,8,10,13,16H,3-4,6-7,9,15H2,1-2H3. The summed E-state index contributed by atoms with van der Waals surface area (Å²) in [5, 5.41) is 10.6. The van der Waals surface area contributed by atoms with E-state index in [9.17, 15) is 5.11 Å². The minimum absolute atomic E-state index is 0.185. The largest absolute Gasteiger partial charge is 0.466 e. The van der Waals surface area contributed by atoms with Crippen molar-refractivity contribution in [1.29, 1.82) is 0 Å². The molecular weight excluding hydrogens is 214 g/mol. The quantitative estimate of drug-likeness (QED) is 0.849. The normalized spacial score (nSPS) is 31.4. The lowest BCUT2D eigenvalue weighted by atomic mass is 9.67. The van der Waals surface area contributed by atoms with E-state index in [1.165, 1.54) is 0 Å². The maximum Gasteiger partial charge on any atom is 0.135 e. The predicted octanol–water partition coefficient (Wildman–Crippen LogP) is 2.78. The highest BCUT2D eigenvalue weighted by Gasteiger charge is 2.41. The molecule has 2 rings (SSSR count). The van der Waals surface area contributed by atoms with E-state index in [0.29, 0.717) is 12.3 Å². The number of hydrogen-bond acceptors (Lipinski definition) is 3. The van der Waals surface area contributed by atoms with E-state index < -0.39 is 6.10 Å². The van der Waals surface area contributed by atoms with Crippen molar-refractivity contribution in [3.8, 4) is 0 Å². The molecule has 0 spiro atoms. The Hall–Kier alpha value is -0.800. The van der Waals surface area contributed by atoms with Crippen LogP contribution < -0.4 is 5.73 Å². The van der Waals surface area contributed by atoms with Gasteiger partial charge < -0.3 is 15.3 Å². The van der Waals surface area contributed by atoms with Gasteiger partial charge in [-0.05, 0) is 37.3 Å². The molecule has 3 nitrogen and oxygen atoms in total. The smallest absolute Gasteiger partial charge is 0.135 e. The maximum atomic E-state index is 10.6. The fourth-order valence-corrected chi connectivity index (χ4v) is 2.87. The van der Waals surface area contributed by atoms with E-state index in [1.807, 2.05) is 13.0 Å². The van der Waals surface area contributed by atoms with Crippen LogP contribution in [0.25, 0.3) is 0 Å². The van der Waals surface area contributed by atoms with Crippen LogP contribution in [0.15, 0.2) is 16.7 Å². The Kier molecular flexibility index (Phi) is 3.59. The highest BCUT2D eigenvalue weighted by molar-refractivity contribution is 5.19. The van der Waals surface area contributed by atoms with E-state index in [-0.39, 0.29) is 5.41 Å². The summed E-state index contributed by atoms with van der Waals surface area (Å²) in [5.74, 6) is 1.45. The van der Waals surface area contributed by atoms with E-state index in [2.05, 4.69) is 6.92 Å². The van der Waals surface area contributed by atoms with Gasteiger partial charge in [-0.3, -0.25) is 0 Å². The number of aliphatic hydroxyl groups excluding tert-OH is 1. The number of rotatable bonds is 3.